The molecule has 0 bridgehead atoms. The predicted molar refractivity (Wildman–Crippen MR) is 133 cm³/mol. The first-order valence-corrected chi connectivity index (χ1v) is 10.9. The molecular weight excluding hydrogens is 434 g/mol. The average molecular weight is 452 g/mol. The lowest BCUT2D eigenvalue weighted by Gasteiger charge is -2.07. The van der Waals surface area contributed by atoms with Crippen LogP contribution in [0, 0.1) is 0 Å². The van der Waals surface area contributed by atoms with E-state index in [0.29, 0.717) is 16.5 Å². The fourth-order valence-corrected chi connectivity index (χ4v) is 4.77. The molecule has 6 aromatic rings. The summed E-state index contributed by atoms with van der Waals surface area (Å²) in [7, 11) is 1.65. The van der Waals surface area contributed by atoms with Crippen molar-refractivity contribution in [3.63, 3.8) is 0 Å². The highest BCUT2D eigenvalue weighted by molar-refractivity contribution is 6.32. The van der Waals surface area contributed by atoms with Crippen LogP contribution < -0.4 is 4.74 Å². The van der Waals surface area contributed by atoms with E-state index in [4.69, 9.17) is 20.8 Å². The van der Waals surface area contributed by atoms with Crippen LogP contribution in [0.25, 0.3) is 55.1 Å². The Kier molecular flexibility index (Phi) is 4.49. The van der Waals surface area contributed by atoms with Crippen LogP contribution in [0.5, 0.6) is 5.75 Å². The van der Waals surface area contributed by atoms with Gasteiger partial charge in [-0.1, -0.05) is 54.1 Å². The second-order valence-corrected chi connectivity index (χ2v) is 8.36. The number of carbonyl (C=O) groups excluding carboxylic acids is 1. The summed E-state index contributed by atoms with van der Waals surface area (Å²) in [5, 5.41) is 4.43. The van der Waals surface area contributed by atoms with E-state index in [1.807, 2.05) is 78.9 Å². The lowest BCUT2D eigenvalue weighted by molar-refractivity contribution is 0.112. The molecule has 0 aliphatic heterocycles. The van der Waals surface area contributed by atoms with Gasteiger partial charge in [-0.3, -0.25) is 4.79 Å². The van der Waals surface area contributed by atoms with Crippen molar-refractivity contribution in [3.8, 4) is 28.2 Å². The van der Waals surface area contributed by atoms with Gasteiger partial charge in [0, 0.05) is 38.0 Å². The molecule has 0 atom stereocenters. The molecule has 160 valence electrons. The molecule has 4 aromatic carbocycles. The average Bonchev–Trinajstić information content (AvgIpc) is 3.41. The predicted octanol–water partition coefficient (Wildman–Crippen LogP) is 7.88. The fraction of sp³-hybridized carbons (Fsp3) is 0.0357. The van der Waals surface area contributed by atoms with Crippen molar-refractivity contribution in [2.45, 2.75) is 0 Å². The van der Waals surface area contributed by atoms with Gasteiger partial charge in [0.05, 0.1) is 12.8 Å². The number of aromatic amines is 1. The molecular formula is C28H18ClNO3. The molecule has 33 heavy (non-hydrogen) atoms. The molecule has 6 rings (SSSR count). The molecule has 0 saturated carbocycles. The number of benzene rings is 4. The maximum absolute atomic E-state index is 12.2. The van der Waals surface area contributed by atoms with Gasteiger partial charge in [-0.05, 0) is 47.2 Å². The summed E-state index contributed by atoms with van der Waals surface area (Å²) < 4.78 is 12.0. The molecule has 0 unspecified atom stereocenters. The number of hydrogen-bond acceptors (Lipinski definition) is 3. The van der Waals surface area contributed by atoms with Crippen LogP contribution >= 0.6 is 11.6 Å². The Morgan fingerprint density at radius 1 is 0.909 bits per heavy atom. The maximum atomic E-state index is 12.2. The Morgan fingerprint density at radius 3 is 2.52 bits per heavy atom. The minimum absolute atomic E-state index is 0.479. The quantitative estimate of drug-likeness (QED) is 0.277. The number of fused-ring (bicyclic) bond motifs is 4. The van der Waals surface area contributed by atoms with E-state index >= 15 is 0 Å². The van der Waals surface area contributed by atoms with Gasteiger partial charge in [0.1, 0.15) is 17.1 Å². The first-order valence-electron chi connectivity index (χ1n) is 10.5. The van der Waals surface area contributed by atoms with Gasteiger partial charge in [-0.15, -0.1) is 0 Å². The zero-order chi connectivity index (χ0) is 22.5. The second kappa shape index (κ2) is 7.54. The Labute approximate surface area is 194 Å². The molecule has 2 heterocycles. The Balaban J connectivity index is 1.85. The number of H-pyrrole nitrogens is 1. The van der Waals surface area contributed by atoms with Crippen molar-refractivity contribution >= 4 is 50.5 Å². The SMILES string of the molecule is COc1ccc2ccc3oc(-c4ccccc4)c(-c4c(C=O)[nH]c5ccc(Cl)cc45)c3c2c1. The molecule has 4 nitrogen and oxygen atoms in total. The third-order valence-corrected chi connectivity index (χ3v) is 6.31. The minimum Gasteiger partial charge on any atom is -0.497 e. The summed E-state index contributed by atoms with van der Waals surface area (Å²) in [6, 6.07) is 25.5. The Bertz CT molecular complexity index is 1680. The monoisotopic (exact) mass is 451 g/mol. The minimum atomic E-state index is 0.479. The van der Waals surface area contributed by atoms with Crippen molar-refractivity contribution in [2.24, 2.45) is 0 Å². The number of ether oxygens (including phenoxy) is 1. The van der Waals surface area contributed by atoms with Crippen LogP contribution in [0.15, 0.2) is 83.3 Å². The van der Waals surface area contributed by atoms with Crippen molar-refractivity contribution in [2.75, 3.05) is 7.11 Å². The van der Waals surface area contributed by atoms with Crippen LogP contribution in [0.4, 0.5) is 0 Å². The van der Waals surface area contributed by atoms with Gasteiger partial charge >= 0.3 is 0 Å². The van der Waals surface area contributed by atoms with E-state index in [2.05, 4.69) is 4.98 Å². The lowest BCUT2D eigenvalue weighted by Crippen LogP contribution is -1.88. The topological polar surface area (TPSA) is 55.2 Å². The van der Waals surface area contributed by atoms with E-state index in [1.54, 1.807) is 7.11 Å². The first-order chi connectivity index (χ1) is 16.2. The van der Waals surface area contributed by atoms with Crippen LogP contribution in [-0.4, -0.2) is 18.4 Å². The van der Waals surface area contributed by atoms with E-state index in [0.717, 1.165) is 61.4 Å². The number of halogens is 1. The lowest BCUT2D eigenvalue weighted by atomic mass is 9.93. The van der Waals surface area contributed by atoms with Crippen LogP contribution in [-0.2, 0) is 0 Å². The smallest absolute Gasteiger partial charge is 0.166 e. The molecule has 2 aromatic heterocycles. The summed E-state index contributed by atoms with van der Waals surface area (Å²) in [6.45, 7) is 0. The van der Waals surface area contributed by atoms with Crippen LogP contribution in [0.3, 0.4) is 0 Å². The van der Waals surface area contributed by atoms with Gasteiger partial charge in [-0.25, -0.2) is 0 Å². The van der Waals surface area contributed by atoms with Gasteiger partial charge < -0.3 is 14.1 Å². The van der Waals surface area contributed by atoms with E-state index in [9.17, 15) is 4.79 Å². The summed E-state index contributed by atoms with van der Waals surface area (Å²) in [5.41, 5.74) is 4.60. The van der Waals surface area contributed by atoms with E-state index in [1.165, 1.54) is 0 Å². The number of rotatable bonds is 4. The Morgan fingerprint density at radius 2 is 1.73 bits per heavy atom. The van der Waals surface area contributed by atoms with E-state index in [-0.39, 0.29) is 0 Å². The van der Waals surface area contributed by atoms with E-state index < -0.39 is 0 Å². The van der Waals surface area contributed by atoms with Gasteiger partial charge in [0.15, 0.2) is 6.29 Å². The first kappa shape index (κ1) is 19.6. The standard InChI is InChI=1S/C28H18ClNO3/c1-32-19-10-7-16-8-12-24-26(20(16)14-19)27(28(33-24)17-5-3-2-4-6-17)25-21-13-18(29)9-11-22(21)30-23(25)15-31/h2-15,30H,1H3. The number of aldehydes is 1. The summed E-state index contributed by atoms with van der Waals surface area (Å²) in [4.78, 5) is 15.5. The molecule has 1 N–H and O–H groups in total. The molecule has 0 saturated heterocycles. The largest absolute Gasteiger partial charge is 0.497 e. The maximum Gasteiger partial charge on any atom is 0.166 e. The summed E-state index contributed by atoms with van der Waals surface area (Å²) in [6.07, 6.45) is 0.850. The van der Waals surface area contributed by atoms with Crippen molar-refractivity contribution in [1.82, 2.24) is 4.98 Å². The normalized spacial score (nSPS) is 11.5. The third-order valence-electron chi connectivity index (χ3n) is 6.07. The van der Waals surface area contributed by atoms with Crippen molar-refractivity contribution in [3.05, 3.63) is 89.6 Å². The molecule has 0 amide bonds. The number of aromatic nitrogens is 1. The van der Waals surface area contributed by atoms with Gasteiger partial charge in [-0.2, -0.15) is 0 Å². The van der Waals surface area contributed by atoms with Crippen LogP contribution in [0.1, 0.15) is 10.5 Å². The summed E-state index contributed by atoms with van der Waals surface area (Å²) in [5.74, 6) is 1.45. The third kappa shape index (κ3) is 3.03. The highest BCUT2D eigenvalue weighted by Gasteiger charge is 2.25. The zero-order valence-electron chi connectivity index (χ0n) is 17.7. The number of furan rings is 1. The Hall–Kier alpha value is -4.02. The number of carbonyl (C=O) groups is 1. The zero-order valence-corrected chi connectivity index (χ0v) is 18.4. The van der Waals surface area contributed by atoms with Gasteiger partial charge in [0.25, 0.3) is 0 Å². The number of methoxy groups -OCH3 is 1. The fourth-order valence-electron chi connectivity index (χ4n) is 4.60. The van der Waals surface area contributed by atoms with Gasteiger partial charge in [0.2, 0.25) is 0 Å². The molecule has 5 heteroatoms. The number of nitrogens with one attached hydrogen (secondary N) is 1. The highest BCUT2D eigenvalue weighted by atomic mass is 35.5. The number of hydrogen-bond donors (Lipinski definition) is 1. The van der Waals surface area contributed by atoms with Crippen molar-refractivity contribution in [1.29, 1.82) is 0 Å². The molecule has 0 fully saturated rings. The summed E-state index contributed by atoms with van der Waals surface area (Å²) >= 11 is 6.37. The molecule has 0 radical (unpaired) electrons. The van der Waals surface area contributed by atoms with Crippen molar-refractivity contribution < 1.29 is 13.9 Å². The second-order valence-electron chi connectivity index (χ2n) is 7.92. The molecule has 0 aliphatic rings. The highest BCUT2D eigenvalue weighted by Crippen LogP contribution is 2.47. The van der Waals surface area contributed by atoms with Crippen LogP contribution in [0.2, 0.25) is 5.02 Å². The molecule has 0 spiro atoms. The molecule has 0 aliphatic carbocycles.